The Balaban J connectivity index is 2.31. The molecule has 3 nitrogen and oxygen atoms in total. The molecule has 0 aliphatic rings. The van der Waals surface area contributed by atoms with Gasteiger partial charge in [0.25, 0.3) is 5.88 Å². The zero-order valence-electron chi connectivity index (χ0n) is 8.73. The molecule has 0 aliphatic carbocycles. The van der Waals surface area contributed by atoms with Crippen LogP contribution in [0, 0.1) is 5.82 Å². The van der Waals surface area contributed by atoms with Crippen molar-refractivity contribution < 1.29 is 14.2 Å². The Hall–Kier alpha value is -1.46. The largest absolute Gasteiger partial charge is 0.436 e. The molecular weight excluding hydrogens is 289 g/mol. The highest BCUT2D eigenvalue weighted by atomic mass is 79.9. The summed E-state index contributed by atoms with van der Waals surface area (Å²) in [7, 11) is 0. The molecule has 0 saturated heterocycles. The molecule has 1 heterocycles. The van der Waals surface area contributed by atoms with Crippen LogP contribution in [0.1, 0.15) is 5.56 Å². The number of aliphatic hydroxyl groups is 1. The Morgan fingerprint density at radius 1 is 1.35 bits per heavy atom. The third-order valence-electron chi connectivity index (χ3n) is 2.12. The number of para-hydroxylation sites is 1. The number of ether oxygens (including phenoxy) is 1. The van der Waals surface area contributed by atoms with Crippen LogP contribution in [0.3, 0.4) is 0 Å². The number of hydrogen-bond acceptors (Lipinski definition) is 3. The molecule has 0 spiro atoms. The molecule has 17 heavy (non-hydrogen) atoms. The topological polar surface area (TPSA) is 42.4 Å². The number of aromatic nitrogens is 1. The summed E-state index contributed by atoms with van der Waals surface area (Å²) in [6.07, 6.45) is 1.44. The fraction of sp³-hybridized carbons (Fsp3) is 0.0833. The van der Waals surface area contributed by atoms with E-state index < -0.39 is 5.82 Å². The minimum atomic E-state index is -0.563. The highest BCUT2D eigenvalue weighted by Crippen LogP contribution is 2.26. The highest BCUT2D eigenvalue weighted by Gasteiger charge is 2.09. The summed E-state index contributed by atoms with van der Waals surface area (Å²) in [5, 5.41) is 9.11. The van der Waals surface area contributed by atoms with Crippen LogP contribution in [-0.2, 0) is 6.61 Å². The molecule has 88 valence electrons. The maximum Gasteiger partial charge on any atom is 0.255 e. The molecule has 0 radical (unpaired) electrons. The van der Waals surface area contributed by atoms with Crippen LogP contribution in [0.5, 0.6) is 11.6 Å². The van der Waals surface area contributed by atoms with Gasteiger partial charge >= 0.3 is 0 Å². The second-order valence-corrected chi connectivity index (χ2v) is 4.22. The van der Waals surface area contributed by atoms with Gasteiger partial charge in [0.2, 0.25) is 0 Å². The first-order valence-electron chi connectivity index (χ1n) is 4.88. The van der Waals surface area contributed by atoms with E-state index in [0.29, 0.717) is 15.8 Å². The normalized spacial score (nSPS) is 10.3. The van der Waals surface area contributed by atoms with Gasteiger partial charge in [0.05, 0.1) is 6.61 Å². The van der Waals surface area contributed by atoms with Crippen LogP contribution < -0.4 is 4.74 Å². The number of halogens is 2. The van der Waals surface area contributed by atoms with Gasteiger partial charge in [0.1, 0.15) is 5.75 Å². The van der Waals surface area contributed by atoms with Gasteiger partial charge in [-0.2, -0.15) is 0 Å². The molecule has 0 fully saturated rings. The summed E-state index contributed by atoms with van der Waals surface area (Å²) in [6.45, 7) is -0.172. The van der Waals surface area contributed by atoms with Crippen molar-refractivity contribution >= 4 is 15.9 Å². The molecule has 1 aromatic carbocycles. The Morgan fingerprint density at radius 2 is 2.12 bits per heavy atom. The van der Waals surface area contributed by atoms with Gasteiger partial charge in [0, 0.05) is 16.2 Å². The van der Waals surface area contributed by atoms with Crippen molar-refractivity contribution in [2.24, 2.45) is 0 Å². The molecule has 0 unspecified atom stereocenters. The average molecular weight is 298 g/mol. The summed E-state index contributed by atoms with van der Waals surface area (Å²) in [4.78, 5) is 3.82. The smallest absolute Gasteiger partial charge is 0.255 e. The molecule has 1 N–H and O–H groups in total. The van der Waals surface area contributed by atoms with Crippen molar-refractivity contribution in [2.75, 3.05) is 0 Å². The van der Waals surface area contributed by atoms with Gasteiger partial charge in [0.15, 0.2) is 5.82 Å². The van der Waals surface area contributed by atoms with Crippen molar-refractivity contribution in [2.45, 2.75) is 6.61 Å². The van der Waals surface area contributed by atoms with Crippen LogP contribution in [-0.4, -0.2) is 10.1 Å². The highest BCUT2D eigenvalue weighted by molar-refractivity contribution is 9.10. The standard InChI is InChI=1S/C12H9BrFNO2/c13-9-5-10(14)12(15-6-9)17-11-4-2-1-3-8(11)7-16/h1-6,16H,7H2. The second kappa shape index (κ2) is 5.25. The molecule has 0 amide bonds. The molecular formula is C12H9BrFNO2. The van der Waals surface area contributed by atoms with Gasteiger partial charge in [-0.25, -0.2) is 9.37 Å². The molecule has 0 bridgehead atoms. The van der Waals surface area contributed by atoms with Crippen LogP contribution in [0.2, 0.25) is 0 Å². The molecule has 2 aromatic rings. The molecule has 5 heteroatoms. The summed E-state index contributed by atoms with van der Waals surface area (Å²) in [5.74, 6) is -0.287. The first-order chi connectivity index (χ1) is 8.20. The molecule has 0 saturated carbocycles. The molecule has 0 atom stereocenters. The lowest BCUT2D eigenvalue weighted by molar-refractivity contribution is 0.275. The Kier molecular flexibility index (Phi) is 3.71. The third-order valence-corrected chi connectivity index (χ3v) is 2.56. The zero-order chi connectivity index (χ0) is 12.3. The molecule has 1 aromatic heterocycles. The maximum atomic E-state index is 13.5. The van der Waals surface area contributed by atoms with E-state index in [9.17, 15) is 4.39 Å². The van der Waals surface area contributed by atoms with Gasteiger partial charge in [-0.1, -0.05) is 18.2 Å². The van der Waals surface area contributed by atoms with Crippen LogP contribution >= 0.6 is 15.9 Å². The number of pyridine rings is 1. The van der Waals surface area contributed by atoms with Crippen LogP contribution in [0.4, 0.5) is 4.39 Å². The Bertz CT molecular complexity index is 534. The minimum absolute atomic E-state index is 0.117. The predicted octanol–water partition coefficient (Wildman–Crippen LogP) is 3.27. The van der Waals surface area contributed by atoms with Crippen molar-refractivity contribution in [3.8, 4) is 11.6 Å². The lowest BCUT2D eigenvalue weighted by Gasteiger charge is -2.09. The van der Waals surface area contributed by atoms with Crippen LogP contribution in [0.15, 0.2) is 41.0 Å². The van der Waals surface area contributed by atoms with Crippen molar-refractivity contribution in [1.82, 2.24) is 4.98 Å². The summed E-state index contributed by atoms with van der Waals surface area (Å²) < 4.78 is 19.4. The van der Waals surface area contributed by atoms with E-state index in [1.165, 1.54) is 12.3 Å². The molecule has 2 rings (SSSR count). The number of benzene rings is 1. The number of aliphatic hydroxyl groups excluding tert-OH is 1. The first-order valence-corrected chi connectivity index (χ1v) is 5.67. The van der Waals surface area contributed by atoms with E-state index >= 15 is 0 Å². The number of rotatable bonds is 3. The lowest BCUT2D eigenvalue weighted by Crippen LogP contribution is -1.95. The minimum Gasteiger partial charge on any atom is -0.436 e. The second-order valence-electron chi connectivity index (χ2n) is 3.31. The first kappa shape index (κ1) is 12.0. The summed E-state index contributed by atoms with van der Waals surface area (Å²) in [5.41, 5.74) is 0.580. The van der Waals surface area contributed by atoms with Gasteiger partial charge in [-0.3, -0.25) is 0 Å². The SMILES string of the molecule is OCc1ccccc1Oc1ncc(Br)cc1F. The van der Waals surface area contributed by atoms with E-state index in [0.717, 1.165) is 0 Å². The van der Waals surface area contributed by atoms with E-state index in [2.05, 4.69) is 20.9 Å². The maximum absolute atomic E-state index is 13.5. The van der Waals surface area contributed by atoms with E-state index in [4.69, 9.17) is 9.84 Å². The van der Waals surface area contributed by atoms with Crippen LogP contribution in [0.25, 0.3) is 0 Å². The third kappa shape index (κ3) is 2.81. The molecule has 0 aliphatic heterocycles. The lowest BCUT2D eigenvalue weighted by atomic mass is 10.2. The Morgan fingerprint density at radius 3 is 2.82 bits per heavy atom. The van der Waals surface area contributed by atoms with Crippen molar-refractivity contribution in [1.29, 1.82) is 0 Å². The quantitative estimate of drug-likeness (QED) is 0.945. The fourth-order valence-corrected chi connectivity index (χ4v) is 1.62. The zero-order valence-corrected chi connectivity index (χ0v) is 10.3. The number of nitrogens with zero attached hydrogens (tertiary/aromatic N) is 1. The van der Waals surface area contributed by atoms with Crippen molar-refractivity contribution in [3.05, 3.63) is 52.4 Å². The summed E-state index contributed by atoms with van der Waals surface area (Å²) in [6, 6.07) is 8.12. The van der Waals surface area contributed by atoms with E-state index in [1.54, 1.807) is 24.3 Å². The number of hydrogen-bond donors (Lipinski definition) is 1. The van der Waals surface area contributed by atoms with Gasteiger partial charge < -0.3 is 9.84 Å². The van der Waals surface area contributed by atoms with Gasteiger partial charge in [-0.05, 0) is 28.1 Å². The van der Waals surface area contributed by atoms with Gasteiger partial charge in [-0.15, -0.1) is 0 Å². The average Bonchev–Trinajstić information content (AvgIpc) is 2.33. The predicted molar refractivity (Wildman–Crippen MR) is 64.3 cm³/mol. The van der Waals surface area contributed by atoms with E-state index in [1.807, 2.05) is 0 Å². The Labute approximate surface area is 106 Å². The fourth-order valence-electron chi connectivity index (χ4n) is 1.32. The monoisotopic (exact) mass is 297 g/mol. The van der Waals surface area contributed by atoms with Crippen molar-refractivity contribution in [3.63, 3.8) is 0 Å². The van der Waals surface area contributed by atoms with E-state index in [-0.39, 0.29) is 12.5 Å². The summed E-state index contributed by atoms with van der Waals surface area (Å²) >= 11 is 3.11.